The molecule has 0 spiro atoms. The molecule has 4 aliphatic rings. The first kappa shape index (κ1) is 37.4. The predicted octanol–water partition coefficient (Wildman–Crippen LogP) is 8.75. The maximum Gasteiger partial charge on any atom is 0.243 e. The van der Waals surface area contributed by atoms with Gasteiger partial charge in [-0.25, -0.2) is 9.15 Å². The lowest BCUT2D eigenvalue weighted by Gasteiger charge is -2.42. The molecule has 0 aromatic carbocycles. The zero-order valence-electron chi connectivity index (χ0n) is 26.0. The first-order chi connectivity index (χ1) is 16.4. The van der Waals surface area contributed by atoms with Crippen molar-refractivity contribution in [2.24, 2.45) is 0 Å². The Hall–Kier alpha value is -1.58. The molecule has 4 heterocycles. The number of hydrogen-bond donors (Lipinski definition) is 0. The number of hydrogen-bond acceptors (Lipinski definition) is 2. The second-order valence-electron chi connectivity index (χ2n) is 15.1. The summed E-state index contributed by atoms with van der Waals surface area (Å²) < 4.78 is 5.29. The molecular weight excluding hydrogens is 476 g/mol. The highest BCUT2D eigenvalue weighted by Gasteiger charge is 2.43. The summed E-state index contributed by atoms with van der Waals surface area (Å²) in [5, 5.41) is 0. The van der Waals surface area contributed by atoms with Gasteiger partial charge in [0.15, 0.2) is 11.1 Å². The van der Waals surface area contributed by atoms with Crippen LogP contribution in [0.15, 0.2) is 23.5 Å². The van der Waals surface area contributed by atoms with Gasteiger partial charge in [-0.05, 0) is 95.9 Å². The normalized spacial score (nSPS) is 20.2. The highest BCUT2D eigenvalue weighted by atomic mass is 15.3. The molecule has 4 rings (SSSR count). The van der Waals surface area contributed by atoms with Crippen LogP contribution >= 0.6 is 0 Å². The van der Waals surface area contributed by atoms with Gasteiger partial charge in [-0.15, -0.1) is 0 Å². The van der Waals surface area contributed by atoms with Gasteiger partial charge in [0.2, 0.25) is 11.4 Å². The first-order valence-electron chi connectivity index (χ1n) is 14.7. The van der Waals surface area contributed by atoms with E-state index in [0.717, 1.165) is 13.1 Å². The molecule has 0 aliphatic carbocycles. The quantitative estimate of drug-likeness (QED) is 0.321. The van der Waals surface area contributed by atoms with E-state index in [0.29, 0.717) is 0 Å². The highest BCUT2D eigenvalue weighted by Crippen LogP contribution is 2.37. The molecule has 39 heavy (non-hydrogen) atoms. The largest absolute Gasteiger partial charge is 0.365 e. The molecule has 0 fully saturated rings. The Balaban J connectivity index is 0.000000688. The third-order valence-corrected chi connectivity index (χ3v) is 8.04. The second kappa shape index (κ2) is 13.4. The molecular formula is C35H70N4+2. The fourth-order valence-corrected chi connectivity index (χ4v) is 6.43. The third-order valence-electron chi connectivity index (χ3n) is 8.04. The molecule has 4 aliphatic heterocycles. The van der Waals surface area contributed by atoms with Crippen molar-refractivity contribution < 1.29 is 9.15 Å². The van der Waals surface area contributed by atoms with Gasteiger partial charge in [-0.3, -0.25) is 0 Å². The van der Waals surface area contributed by atoms with Crippen LogP contribution in [-0.2, 0) is 0 Å². The number of rotatable bonds is 2. The van der Waals surface area contributed by atoms with Gasteiger partial charge in [0.1, 0.15) is 13.1 Å². The van der Waals surface area contributed by atoms with Crippen molar-refractivity contribution in [1.29, 1.82) is 0 Å². The van der Waals surface area contributed by atoms with Crippen LogP contribution in [0.1, 0.15) is 144 Å². The monoisotopic (exact) mass is 547 g/mol. The maximum atomic E-state index is 2.65. The average molecular weight is 547 g/mol. The molecule has 0 bridgehead atoms. The summed E-state index contributed by atoms with van der Waals surface area (Å²) in [6.07, 6.45) is 12.4. The van der Waals surface area contributed by atoms with E-state index in [1.807, 2.05) is 0 Å². The Bertz CT molecular complexity index is 855. The summed E-state index contributed by atoms with van der Waals surface area (Å²) in [7, 11) is 0. The van der Waals surface area contributed by atoms with E-state index in [1.54, 1.807) is 11.4 Å². The van der Waals surface area contributed by atoms with Gasteiger partial charge in [-0.2, -0.15) is 0 Å². The Morgan fingerprint density at radius 1 is 0.538 bits per heavy atom. The van der Waals surface area contributed by atoms with Gasteiger partial charge >= 0.3 is 0 Å². The fourth-order valence-electron chi connectivity index (χ4n) is 6.43. The van der Waals surface area contributed by atoms with Crippen molar-refractivity contribution >= 4 is 11.4 Å². The zero-order valence-corrected chi connectivity index (χ0v) is 26.0. The predicted molar refractivity (Wildman–Crippen MR) is 177 cm³/mol. The third kappa shape index (κ3) is 8.70. The molecule has 0 atom stereocenters. The van der Waals surface area contributed by atoms with E-state index in [2.05, 4.69) is 114 Å². The maximum absolute atomic E-state index is 2.65. The lowest BCUT2D eigenvalue weighted by Crippen LogP contribution is -2.44. The lowest BCUT2D eigenvalue weighted by molar-refractivity contribution is -0.601. The first-order valence-corrected chi connectivity index (χ1v) is 14.7. The molecule has 0 saturated heterocycles. The van der Waals surface area contributed by atoms with Crippen LogP contribution in [-0.4, -0.2) is 78.7 Å². The molecule has 228 valence electrons. The summed E-state index contributed by atoms with van der Waals surface area (Å²) in [5.41, 5.74) is 7.15. The minimum Gasteiger partial charge on any atom is -0.365 e. The summed E-state index contributed by atoms with van der Waals surface area (Å²) in [6, 6.07) is 0. The van der Waals surface area contributed by atoms with Crippen LogP contribution in [0.2, 0.25) is 0 Å². The topological polar surface area (TPSA) is 12.5 Å². The molecule has 0 N–H and O–H groups in total. The van der Waals surface area contributed by atoms with Crippen molar-refractivity contribution in [3.8, 4) is 0 Å². The van der Waals surface area contributed by atoms with E-state index >= 15 is 0 Å². The average Bonchev–Trinajstić information content (AvgIpc) is 3.52. The van der Waals surface area contributed by atoms with Crippen molar-refractivity contribution in [1.82, 2.24) is 9.80 Å². The van der Waals surface area contributed by atoms with E-state index < -0.39 is 0 Å². The summed E-state index contributed by atoms with van der Waals surface area (Å²) >= 11 is 0. The Morgan fingerprint density at radius 2 is 0.846 bits per heavy atom. The molecule has 4 heteroatoms. The van der Waals surface area contributed by atoms with E-state index in [4.69, 9.17) is 0 Å². The SMILES string of the molecule is C.C.C.CC(C)(C)N1CCC=C1C1=CCCN1C(C)(C)C.CC(C)(C)[N+]1=C(C2=[N+](C(C)(C)C)CCC2)CCC1. The Morgan fingerprint density at radius 3 is 1.10 bits per heavy atom. The van der Waals surface area contributed by atoms with Crippen LogP contribution in [0.25, 0.3) is 0 Å². The molecule has 0 aromatic rings. The molecule has 4 nitrogen and oxygen atoms in total. The van der Waals surface area contributed by atoms with Crippen LogP contribution in [0.4, 0.5) is 0 Å². The zero-order chi connectivity index (χ0) is 27.1. The lowest BCUT2D eigenvalue weighted by atomic mass is 10.0. The highest BCUT2D eigenvalue weighted by molar-refractivity contribution is 6.38. The van der Waals surface area contributed by atoms with Crippen LogP contribution in [0.5, 0.6) is 0 Å². The molecule has 0 saturated carbocycles. The van der Waals surface area contributed by atoms with Crippen LogP contribution in [0, 0.1) is 0 Å². The summed E-state index contributed by atoms with van der Waals surface area (Å²) in [5.74, 6) is 0. The standard InChI is InChI=1S/C16H30N2.C16H28N2.3CH4/c2*1-15(2,3)17-11-7-9-13(17)14-10-8-12-18(14)16(4,5)6;;;/h7-12H2,1-6H3;9-10H,7-8,11-12H2,1-6H3;3*1H4/q+2;;;;. The Kier molecular flexibility index (Phi) is 12.8. The van der Waals surface area contributed by atoms with Crippen molar-refractivity contribution in [2.75, 3.05) is 26.2 Å². The summed E-state index contributed by atoms with van der Waals surface area (Å²) in [6.45, 7) is 32.7. The molecule has 0 radical (unpaired) electrons. The van der Waals surface area contributed by atoms with Gasteiger partial charge in [0, 0.05) is 49.9 Å². The van der Waals surface area contributed by atoms with Gasteiger partial charge in [0.25, 0.3) is 0 Å². The van der Waals surface area contributed by atoms with Crippen molar-refractivity contribution in [3.05, 3.63) is 23.5 Å². The molecule has 0 amide bonds. The molecule has 0 aromatic heterocycles. The van der Waals surface area contributed by atoms with E-state index in [1.165, 1.54) is 63.0 Å². The van der Waals surface area contributed by atoms with E-state index in [-0.39, 0.29) is 44.4 Å². The smallest absolute Gasteiger partial charge is 0.243 e. The van der Waals surface area contributed by atoms with Crippen LogP contribution < -0.4 is 0 Å². The van der Waals surface area contributed by atoms with Crippen molar-refractivity contribution in [2.45, 2.75) is 166 Å². The summed E-state index contributed by atoms with van der Waals surface area (Å²) in [4.78, 5) is 5.12. The van der Waals surface area contributed by atoms with Gasteiger partial charge in [0.05, 0.1) is 11.4 Å². The van der Waals surface area contributed by atoms with E-state index in [9.17, 15) is 0 Å². The van der Waals surface area contributed by atoms with Crippen molar-refractivity contribution in [3.63, 3.8) is 0 Å². The van der Waals surface area contributed by atoms with Gasteiger partial charge < -0.3 is 9.80 Å². The Labute approximate surface area is 245 Å². The second-order valence-corrected chi connectivity index (χ2v) is 15.1. The minimum absolute atomic E-state index is 0. The number of nitrogens with zero attached hydrogens (tertiary/aromatic N) is 4. The fraction of sp³-hybridized carbons (Fsp3) is 0.829. The minimum atomic E-state index is 0. The van der Waals surface area contributed by atoms with Crippen LogP contribution in [0.3, 0.4) is 0 Å². The molecule has 0 unspecified atom stereocenters. The van der Waals surface area contributed by atoms with Gasteiger partial charge in [-0.1, -0.05) is 34.4 Å².